The largest absolute Gasteiger partial charge is 0.312 e. The second kappa shape index (κ2) is 5.97. The van der Waals surface area contributed by atoms with Crippen LogP contribution in [0.2, 0.25) is 0 Å². The lowest BCUT2D eigenvalue weighted by Gasteiger charge is -2.08. The average molecular weight is 287 g/mol. The predicted molar refractivity (Wildman–Crippen MR) is 65.7 cm³/mol. The van der Waals surface area contributed by atoms with Crippen LogP contribution >= 0.6 is 15.9 Å². The highest BCUT2D eigenvalue weighted by molar-refractivity contribution is 9.10. The second-order valence-electron chi connectivity index (χ2n) is 3.69. The first kappa shape index (κ1) is 13.1. The molecule has 0 saturated carbocycles. The van der Waals surface area contributed by atoms with Crippen molar-refractivity contribution < 1.29 is 8.78 Å². The van der Waals surface area contributed by atoms with E-state index in [0.717, 1.165) is 10.9 Å². The van der Waals surface area contributed by atoms with Crippen LogP contribution in [-0.2, 0) is 6.42 Å². The monoisotopic (exact) mass is 286 g/mol. The van der Waals surface area contributed by atoms with Crippen molar-refractivity contribution in [3.63, 3.8) is 0 Å². The van der Waals surface area contributed by atoms with Crippen LogP contribution in [0, 0.1) is 13.8 Å². The SMILES string of the molecule is Cc1cc(C)c(CCC=C=C(F)F)c(Br)c1. The van der Waals surface area contributed by atoms with Crippen LogP contribution < -0.4 is 0 Å². The molecular weight excluding hydrogens is 274 g/mol. The summed E-state index contributed by atoms with van der Waals surface area (Å²) < 4.78 is 24.5. The van der Waals surface area contributed by atoms with Crippen molar-refractivity contribution in [2.24, 2.45) is 0 Å². The molecular formula is C13H13BrF2. The fourth-order valence-corrected chi connectivity index (χ4v) is 2.50. The molecule has 1 aromatic rings. The molecule has 1 aromatic carbocycles. The van der Waals surface area contributed by atoms with E-state index in [9.17, 15) is 8.78 Å². The summed E-state index contributed by atoms with van der Waals surface area (Å²) in [4.78, 5) is 0. The molecule has 0 amide bonds. The number of aryl methyl sites for hydroxylation is 2. The third-order valence-electron chi connectivity index (χ3n) is 2.31. The van der Waals surface area contributed by atoms with Crippen molar-refractivity contribution in [1.29, 1.82) is 0 Å². The van der Waals surface area contributed by atoms with Gasteiger partial charge >= 0.3 is 6.08 Å². The number of rotatable bonds is 3. The minimum atomic E-state index is -1.76. The van der Waals surface area contributed by atoms with E-state index in [2.05, 4.69) is 22.0 Å². The van der Waals surface area contributed by atoms with Crippen molar-refractivity contribution in [2.45, 2.75) is 26.7 Å². The molecule has 0 aliphatic heterocycles. The molecule has 0 aliphatic carbocycles. The van der Waals surface area contributed by atoms with Gasteiger partial charge < -0.3 is 0 Å². The molecule has 0 atom stereocenters. The summed E-state index contributed by atoms with van der Waals surface area (Å²) in [6.07, 6.45) is 0.924. The van der Waals surface area contributed by atoms with Crippen molar-refractivity contribution in [2.75, 3.05) is 0 Å². The van der Waals surface area contributed by atoms with E-state index in [4.69, 9.17) is 0 Å². The zero-order valence-corrected chi connectivity index (χ0v) is 10.9. The normalized spacial score (nSPS) is 9.81. The molecule has 0 aliphatic rings. The van der Waals surface area contributed by atoms with Gasteiger partial charge in [-0.1, -0.05) is 27.7 Å². The van der Waals surface area contributed by atoms with Crippen LogP contribution in [0.4, 0.5) is 8.78 Å². The summed E-state index contributed by atoms with van der Waals surface area (Å²) in [5.41, 5.74) is 5.46. The standard InChI is InChI=1S/C13H13BrF2/c1-9-7-10(2)11(12(14)8-9)5-3-4-6-13(15)16/h4,7-8H,3,5H2,1-2H3. The molecule has 1 rings (SSSR count). The number of hydrogen-bond donors (Lipinski definition) is 0. The summed E-state index contributed by atoms with van der Waals surface area (Å²) in [6.45, 7) is 4.06. The zero-order chi connectivity index (χ0) is 12.1. The zero-order valence-electron chi connectivity index (χ0n) is 9.28. The summed E-state index contributed by atoms with van der Waals surface area (Å²) in [5.74, 6) is 0. The molecule has 86 valence electrons. The van der Waals surface area contributed by atoms with Crippen LogP contribution in [0.3, 0.4) is 0 Å². The molecule has 0 nitrogen and oxygen atoms in total. The van der Waals surface area contributed by atoms with Crippen LogP contribution in [0.1, 0.15) is 23.1 Å². The molecule has 0 spiro atoms. The van der Waals surface area contributed by atoms with Crippen LogP contribution in [0.5, 0.6) is 0 Å². The number of allylic oxidation sites excluding steroid dienone is 1. The van der Waals surface area contributed by atoms with Crippen LogP contribution in [0.25, 0.3) is 0 Å². The summed E-state index contributed by atoms with van der Waals surface area (Å²) in [6, 6.07) is 4.13. The highest BCUT2D eigenvalue weighted by Crippen LogP contribution is 2.23. The van der Waals surface area contributed by atoms with Crippen molar-refractivity contribution >= 4 is 15.9 Å². The van der Waals surface area contributed by atoms with Crippen molar-refractivity contribution in [3.05, 3.63) is 51.2 Å². The summed E-state index contributed by atoms with van der Waals surface area (Å²) in [7, 11) is 0. The van der Waals surface area contributed by atoms with E-state index in [-0.39, 0.29) is 0 Å². The second-order valence-corrected chi connectivity index (χ2v) is 4.54. The van der Waals surface area contributed by atoms with Crippen molar-refractivity contribution in [1.82, 2.24) is 0 Å². The quantitative estimate of drug-likeness (QED) is 0.691. The van der Waals surface area contributed by atoms with Crippen molar-refractivity contribution in [3.8, 4) is 0 Å². The number of halogens is 3. The van der Waals surface area contributed by atoms with E-state index >= 15 is 0 Å². The Morgan fingerprint density at radius 2 is 2.06 bits per heavy atom. The minimum absolute atomic E-state index is 0.569. The summed E-state index contributed by atoms with van der Waals surface area (Å²) in [5, 5.41) is 0. The molecule has 3 heteroatoms. The molecule has 0 aromatic heterocycles. The third-order valence-corrected chi connectivity index (χ3v) is 3.02. The smallest absolute Gasteiger partial charge is 0.164 e. The van der Waals surface area contributed by atoms with Gasteiger partial charge in [0.1, 0.15) is 0 Å². The first-order valence-corrected chi connectivity index (χ1v) is 5.82. The molecule has 0 N–H and O–H groups in total. The number of benzene rings is 1. The molecule has 0 fully saturated rings. The van der Waals surface area contributed by atoms with Crippen LogP contribution in [-0.4, -0.2) is 0 Å². The Morgan fingerprint density at radius 3 is 2.62 bits per heavy atom. The van der Waals surface area contributed by atoms with Gasteiger partial charge in [0, 0.05) is 4.47 Å². The first-order chi connectivity index (χ1) is 7.50. The van der Waals surface area contributed by atoms with Crippen LogP contribution in [0.15, 0.2) is 34.5 Å². The fourth-order valence-electron chi connectivity index (χ4n) is 1.63. The highest BCUT2D eigenvalue weighted by Gasteiger charge is 2.03. The van der Waals surface area contributed by atoms with Gasteiger partial charge in [-0.25, -0.2) is 0 Å². The molecule has 0 radical (unpaired) electrons. The number of hydrogen-bond acceptors (Lipinski definition) is 0. The topological polar surface area (TPSA) is 0 Å². The lowest BCUT2D eigenvalue weighted by atomic mass is 10.0. The lowest BCUT2D eigenvalue weighted by molar-refractivity contribution is 0.423. The molecule has 0 heterocycles. The molecule has 0 bridgehead atoms. The fraction of sp³-hybridized carbons (Fsp3) is 0.308. The van der Waals surface area contributed by atoms with E-state index in [1.54, 1.807) is 0 Å². The van der Waals surface area contributed by atoms with Gasteiger partial charge in [0.25, 0.3) is 0 Å². The lowest BCUT2D eigenvalue weighted by Crippen LogP contribution is -1.91. The molecule has 0 saturated heterocycles. The maximum absolute atomic E-state index is 11.7. The average Bonchev–Trinajstić information content (AvgIpc) is 2.14. The van der Waals surface area contributed by atoms with Gasteiger partial charge in [0.05, 0.1) is 0 Å². The third kappa shape index (κ3) is 3.92. The van der Waals surface area contributed by atoms with E-state index in [1.807, 2.05) is 25.6 Å². The van der Waals surface area contributed by atoms with Gasteiger partial charge in [0.2, 0.25) is 0 Å². The Hall–Kier alpha value is -0.920. The van der Waals surface area contributed by atoms with E-state index < -0.39 is 6.08 Å². The van der Waals surface area contributed by atoms with E-state index in [1.165, 1.54) is 22.8 Å². The highest BCUT2D eigenvalue weighted by atomic mass is 79.9. The summed E-state index contributed by atoms with van der Waals surface area (Å²) >= 11 is 3.49. The maximum Gasteiger partial charge on any atom is 0.312 e. The minimum Gasteiger partial charge on any atom is -0.164 e. The Bertz CT molecular complexity index is 416. The first-order valence-electron chi connectivity index (χ1n) is 5.02. The van der Waals surface area contributed by atoms with Gasteiger partial charge in [-0.15, -0.1) is 0 Å². The Labute approximate surface area is 103 Å². The molecule has 16 heavy (non-hydrogen) atoms. The molecule has 0 unspecified atom stereocenters. The van der Waals surface area contributed by atoms with Gasteiger partial charge in [-0.05, 0) is 55.5 Å². The van der Waals surface area contributed by atoms with Gasteiger partial charge in [-0.2, -0.15) is 8.78 Å². The van der Waals surface area contributed by atoms with E-state index in [0.29, 0.717) is 6.42 Å². The Morgan fingerprint density at radius 1 is 1.38 bits per heavy atom. The van der Waals surface area contributed by atoms with Gasteiger partial charge in [0.15, 0.2) is 0 Å². The predicted octanol–water partition coefficient (Wildman–Crippen LogP) is 4.93. The van der Waals surface area contributed by atoms with Gasteiger partial charge in [-0.3, -0.25) is 0 Å². The Kier molecular flexibility index (Phi) is 4.91. The Balaban J connectivity index is 2.79. The maximum atomic E-state index is 11.7.